The van der Waals surface area contributed by atoms with Crippen molar-refractivity contribution >= 4 is 12.6 Å². The van der Waals surface area contributed by atoms with E-state index in [2.05, 4.69) is 6.07 Å². The summed E-state index contributed by atoms with van der Waals surface area (Å²) in [5.41, 5.74) is 2.90. The van der Waals surface area contributed by atoms with Crippen LogP contribution in [0.1, 0.15) is 44.4 Å². The quantitative estimate of drug-likeness (QED) is 0.726. The highest BCUT2D eigenvalue weighted by Gasteiger charge is 2.52. The number of hydrogen-bond acceptors (Lipinski definition) is 3. The molecular weight excluding hydrogens is 237 g/mol. The maximum absolute atomic E-state index is 9.18. The third-order valence-corrected chi connectivity index (χ3v) is 4.22. The Hall–Kier alpha value is -1.31. The molecule has 1 aromatic carbocycles. The number of aryl methyl sites for hydroxylation is 1. The van der Waals surface area contributed by atoms with Crippen LogP contribution in [0.3, 0.4) is 0 Å². The Morgan fingerprint density at radius 2 is 1.58 bits per heavy atom. The highest BCUT2D eigenvalue weighted by atomic mass is 16.7. The van der Waals surface area contributed by atoms with Crippen LogP contribution in [0.15, 0.2) is 12.1 Å². The molecule has 0 spiro atoms. The van der Waals surface area contributed by atoms with Gasteiger partial charge in [0.15, 0.2) is 0 Å². The molecule has 0 atom stereocenters. The first kappa shape index (κ1) is 14.1. The van der Waals surface area contributed by atoms with E-state index < -0.39 is 7.12 Å². The SMILES string of the molecule is Cc1cc(C#N)c(C)c(B2OC(C)(C)C(C)(C)O2)c1. The first-order valence-electron chi connectivity index (χ1n) is 6.55. The van der Waals surface area contributed by atoms with E-state index in [-0.39, 0.29) is 11.2 Å². The van der Waals surface area contributed by atoms with Gasteiger partial charge < -0.3 is 9.31 Å². The zero-order valence-electron chi connectivity index (χ0n) is 12.5. The Kier molecular flexibility index (Phi) is 3.24. The third kappa shape index (κ3) is 2.29. The number of benzene rings is 1. The summed E-state index contributed by atoms with van der Waals surface area (Å²) in [6, 6.07) is 6.16. The van der Waals surface area contributed by atoms with Crippen molar-refractivity contribution in [2.24, 2.45) is 0 Å². The molecule has 1 aliphatic rings. The average Bonchev–Trinajstić information content (AvgIpc) is 2.50. The van der Waals surface area contributed by atoms with Gasteiger partial charge in [-0.2, -0.15) is 5.26 Å². The molecule has 19 heavy (non-hydrogen) atoms. The van der Waals surface area contributed by atoms with Gasteiger partial charge in [-0.15, -0.1) is 0 Å². The van der Waals surface area contributed by atoms with Gasteiger partial charge in [0, 0.05) is 0 Å². The van der Waals surface area contributed by atoms with Crippen LogP contribution >= 0.6 is 0 Å². The minimum atomic E-state index is -0.406. The lowest BCUT2D eigenvalue weighted by Gasteiger charge is -2.32. The van der Waals surface area contributed by atoms with Crippen LogP contribution < -0.4 is 5.46 Å². The second-order valence-electron chi connectivity index (χ2n) is 6.23. The van der Waals surface area contributed by atoms with Gasteiger partial charge in [0.2, 0.25) is 0 Å². The second kappa shape index (κ2) is 4.36. The molecule has 0 aliphatic carbocycles. The van der Waals surface area contributed by atoms with Gasteiger partial charge in [-0.3, -0.25) is 0 Å². The first-order valence-corrected chi connectivity index (χ1v) is 6.55. The fourth-order valence-corrected chi connectivity index (χ4v) is 2.22. The number of nitrogens with zero attached hydrogens (tertiary/aromatic N) is 1. The van der Waals surface area contributed by atoms with Crippen molar-refractivity contribution < 1.29 is 9.31 Å². The predicted octanol–water partition coefficient (Wildman–Crippen LogP) is 2.47. The molecule has 1 aromatic rings. The largest absolute Gasteiger partial charge is 0.495 e. The molecule has 1 heterocycles. The van der Waals surface area contributed by atoms with Gasteiger partial charge in [0.1, 0.15) is 0 Å². The van der Waals surface area contributed by atoms with Crippen molar-refractivity contribution in [1.82, 2.24) is 0 Å². The summed E-state index contributed by atoms with van der Waals surface area (Å²) >= 11 is 0. The summed E-state index contributed by atoms with van der Waals surface area (Å²) < 4.78 is 12.1. The Balaban J connectivity index is 2.46. The molecule has 0 radical (unpaired) electrons. The molecule has 1 aliphatic heterocycles. The molecule has 1 fully saturated rings. The van der Waals surface area contributed by atoms with Gasteiger partial charge in [-0.25, -0.2) is 0 Å². The van der Waals surface area contributed by atoms with E-state index in [1.807, 2.05) is 53.7 Å². The van der Waals surface area contributed by atoms with Gasteiger partial charge in [0.05, 0.1) is 22.8 Å². The van der Waals surface area contributed by atoms with E-state index in [9.17, 15) is 5.26 Å². The van der Waals surface area contributed by atoms with Crippen LogP contribution in [0.5, 0.6) is 0 Å². The van der Waals surface area contributed by atoms with Crippen LogP contribution in [0.2, 0.25) is 0 Å². The highest BCUT2D eigenvalue weighted by molar-refractivity contribution is 6.62. The van der Waals surface area contributed by atoms with E-state index in [4.69, 9.17) is 9.31 Å². The molecule has 0 N–H and O–H groups in total. The number of nitriles is 1. The van der Waals surface area contributed by atoms with Gasteiger partial charge in [-0.05, 0) is 58.6 Å². The average molecular weight is 257 g/mol. The van der Waals surface area contributed by atoms with Crippen LogP contribution in [0, 0.1) is 25.2 Å². The zero-order valence-corrected chi connectivity index (χ0v) is 12.5. The molecule has 0 saturated carbocycles. The molecule has 0 amide bonds. The molecule has 0 unspecified atom stereocenters. The minimum absolute atomic E-state index is 0.360. The Labute approximate surface area is 115 Å². The van der Waals surface area contributed by atoms with Crippen LogP contribution in [0.4, 0.5) is 0 Å². The van der Waals surface area contributed by atoms with Gasteiger partial charge >= 0.3 is 7.12 Å². The minimum Gasteiger partial charge on any atom is -0.399 e. The predicted molar refractivity (Wildman–Crippen MR) is 76.3 cm³/mol. The van der Waals surface area contributed by atoms with Crippen molar-refractivity contribution in [3.8, 4) is 6.07 Å². The fourth-order valence-electron chi connectivity index (χ4n) is 2.22. The normalized spacial score (nSPS) is 20.4. The Bertz CT molecular complexity index is 542. The van der Waals surface area contributed by atoms with E-state index >= 15 is 0 Å². The molecule has 0 aromatic heterocycles. The van der Waals surface area contributed by atoms with E-state index in [1.165, 1.54) is 0 Å². The number of hydrogen-bond donors (Lipinski definition) is 0. The summed E-state index contributed by atoms with van der Waals surface area (Å²) in [6.07, 6.45) is 0. The van der Waals surface area contributed by atoms with E-state index in [0.29, 0.717) is 5.56 Å². The third-order valence-electron chi connectivity index (χ3n) is 4.22. The summed E-state index contributed by atoms with van der Waals surface area (Å²) in [4.78, 5) is 0. The molecule has 2 rings (SSSR count). The van der Waals surface area contributed by atoms with Crippen LogP contribution in [-0.4, -0.2) is 18.3 Å². The standard InChI is InChI=1S/C15H20BNO2/c1-10-7-12(9-17)11(2)13(8-10)16-18-14(3,4)15(5,6)19-16/h7-8H,1-6H3. The van der Waals surface area contributed by atoms with Crippen molar-refractivity contribution in [3.63, 3.8) is 0 Å². The van der Waals surface area contributed by atoms with E-state index in [1.54, 1.807) is 0 Å². The summed E-state index contributed by atoms with van der Waals surface area (Å²) in [7, 11) is -0.406. The van der Waals surface area contributed by atoms with E-state index in [0.717, 1.165) is 16.6 Å². The fraction of sp³-hybridized carbons (Fsp3) is 0.533. The van der Waals surface area contributed by atoms with Crippen molar-refractivity contribution in [3.05, 3.63) is 28.8 Å². The smallest absolute Gasteiger partial charge is 0.399 e. The Morgan fingerprint density at radius 3 is 2.05 bits per heavy atom. The molecule has 1 saturated heterocycles. The van der Waals surface area contributed by atoms with Gasteiger partial charge in [0.25, 0.3) is 0 Å². The number of rotatable bonds is 1. The maximum atomic E-state index is 9.18. The lowest BCUT2D eigenvalue weighted by atomic mass is 9.74. The molecule has 4 heteroatoms. The monoisotopic (exact) mass is 257 g/mol. The van der Waals surface area contributed by atoms with Crippen molar-refractivity contribution in [2.75, 3.05) is 0 Å². The lowest BCUT2D eigenvalue weighted by Crippen LogP contribution is -2.41. The second-order valence-corrected chi connectivity index (χ2v) is 6.23. The molecular formula is C15H20BNO2. The van der Waals surface area contributed by atoms with Crippen LogP contribution in [0.25, 0.3) is 0 Å². The topological polar surface area (TPSA) is 42.2 Å². The summed E-state index contributed by atoms with van der Waals surface area (Å²) in [6.45, 7) is 12.0. The lowest BCUT2D eigenvalue weighted by molar-refractivity contribution is 0.00578. The van der Waals surface area contributed by atoms with Crippen molar-refractivity contribution in [2.45, 2.75) is 52.7 Å². The zero-order chi connectivity index (χ0) is 14.4. The van der Waals surface area contributed by atoms with Gasteiger partial charge in [-0.1, -0.05) is 11.6 Å². The van der Waals surface area contributed by atoms with Crippen LogP contribution in [-0.2, 0) is 9.31 Å². The van der Waals surface area contributed by atoms with Crippen molar-refractivity contribution in [1.29, 1.82) is 5.26 Å². The maximum Gasteiger partial charge on any atom is 0.495 e. The Morgan fingerprint density at radius 1 is 1.05 bits per heavy atom. The molecule has 0 bridgehead atoms. The molecule has 3 nitrogen and oxygen atoms in total. The molecule has 100 valence electrons. The first-order chi connectivity index (χ1) is 8.68. The summed E-state index contributed by atoms with van der Waals surface area (Å²) in [5, 5.41) is 9.18. The highest BCUT2D eigenvalue weighted by Crippen LogP contribution is 2.36. The summed E-state index contributed by atoms with van der Waals surface area (Å²) in [5.74, 6) is 0.